The van der Waals surface area contributed by atoms with Crippen molar-refractivity contribution in [2.45, 2.75) is 12.8 Å². The van der Waals surface area contributed by atoms with Gasteiger partial charge in [0, 0.05) is 11.4 Å². The Kier molecular flexibility index (Phi) is 3.91. The first kappa shape index (κ1) is 12.5. The number of nitrogens with zero attached hydrogens (tertiary/aromatic N) is 2. The van der Waals surface area contributed by atoms with Crippen molar-refractivity contribution in [3.63, 3.8) is 0 Å². The zero-order chi connectivity index (χ0) is 13.0. The van der Waals surface area contributed by atoms with Crippen LogP contribution in [-0.2, 0) is 17.6 Å². The summed E-state index contributed by atoms with van der Waals surface area (Å²) in [7, 11) is 0. The lowest BCUT2D eigenvalue weighted by atomic mass is 10.1. The smallest absolute Gasteiger partial charge is 0.241 e. The normalized spacial score (nSPS) is 10.3. The van der Waals surface area contributed by atoms with Crippen LogP contribution in [-0.4, -0.2) is 21.1 Å². The molecule has 2 aromatic rings. The molecule has 6 nitrogen and oxygen atoms in total. The van der Waals surface area contributed by atoms with Crippen molar-refractivity contribution < 1.29 is 4.79 Å². The molecule has 0 spiro atoms. The van der Waals surface area contributed by atoms with E-state index in [0.29, 0.717) is 23.1 Å². The molecule has 0 fully saturated rings. The predicted octanol–water partition coefficient (Wildman–Crippen LogP) is 0.581. The van der Waals surface area contributed by atoms with Gasteiger partial charge < -0.3 is 0 Å². The van der Waals surface area contributed by atoms with Gasteiger partial charge in [0.25, 0.3) is 0 Å². The molecular formula is C11H12ClN5O. The summed E-state index contributed by atoms with van der Waals surface area (Å²) < 4.78 is 0. The Labute approximate surface area is 109 Å². The zero-order valence-corrected chi connectivity index (χ0v) is 10.2. The van der Waals surface area contributed by atoms with Crippen molar-refractivity contribution in [1.29, 1.82) is 0 Å². The van der Waals surface area contributed by atoms with E-state index < -0.39 is 0 Å². The molecule has 1 amide bonds. The lowest BCUT2D eigenvalue weighted by Gasteiger charge is -1.97. The second kappa shape index (κ2) is 5.61. The Morgan fingerprint density at radius 3 is 2.78 bits per heavy atom. The number of carbonyl (C=O) groups is 1. The van der Waals surface area contributed by atoms with Gasteiger partial charge in [-0.25, -0.2) is 10.8 Å². The minimum absolute atomic E-state index is 0.0631. The van der Waals surface area contributed by atoms with E-state index in [4.69, 9.17) is 17.4 Å². The summed E-state index contributed by atoms with van der Waals surface area (Å²) in [5.74, 6) is 5.77. The summed E-state index contributed by atoms with van der Waals surface area (Å²) in [6.07, 6.45) is 0.669. The molecule has 2 rings (SSSR count). The fourth-order valence-corrected chi connectivity index (χ4v) is 1.61. The van der Waals surface area contributed by atoms with Crippen LogP contribution in [0, 0.1) is 0 Å². The van der Waals surface area contributed by atoms with Crippen LogP contribution in [0.3, 0.4) is 0 Å². The number of nitrogens with two attached hydrogens (primary N) is 1. The van der Waals surface area contributed by atoms with Crippen LogP contribution in [0.5, 0.6) is 0 Å². The molecule has 0 aliphatic carbocycles. The molecule has 0 radical (unpaired) electrons. The third-order valence-corrected chi connectivity index (χ3v) is 2.59. The summed E-state index contributed by atoms with van der Waals surface area (Å²) in [6.45, 7) is 0. The summed E-state index contributed by atoms with van der Waals surface area (Å²) in [5, 5.41) is 7.41. The molecule has 0 atom stereocenters. The largest absolute Gasteiger partial charge is 0.294 e. The number of halogens is 1. The highest BCUT2D eigenvalue weighted by molar-refractivity contribution is 6.30. The van der Waals surface area contributed by atoms with Crippen LogP contribution in [0.25, 0.3) is 0 Å². The molecule has 1 aromatic heterocycles. The first-order valence-corrected chi connectivity index (χ1v) is 5.69. The summed E-state index contributed by atoms with van der Waals surface area (Å²) in [4.78, 5) is 15.2. The van der Waals surface area contributed by atoms with Crippen molar-refractivity contribution >= 4 is 17.5 Å². The van der Waals surface area contributed by atoms with Gasteiger partial charge in [-0.05, 0) is 17.7 Å². The zero-order valence-electron chi connectivity index (χ0n) is 9.48. The summed E-state index contributed by atoms with van der Waals surface area (Å²) >= 11 is 5.80. The van der Waals surface area contributed by atoms with Gasteiger partial charge in [-0.3, -0.25) is 15.3 Å². The number of amides is 1. The second-order valence-electron chi connectivity index (χ2n) is 3.75. The van der Waals surface area contributed by atoms with Crippen molar-refractivity contribution in [1.82, 2.24) is 20.6 Å². The molecule has 18 heavy (non-hydrogen) atoms. The lowest BCUT2D eigenvalue weighted by molar-refractivity contribution is -0.120. The molecule has 0 unspecified atom stereocenters. The monoisotopic (exact) mass is 265 g/mol. The second-order valence-corrected chi connectivity index (χ2v) is 4.18. The Bertz CT molecular complexity index is 537. The van der Waals surface area contributed by atoms with Gasteiger partial charge in [0.05, 0.1) is 6.42 Å². The number of aromatic nitrogens is 3. The van der Waals surface area contributed by atoms with Crippen LogP contribution in [0.15, 0.2) is 24.3 Å². The first-order chi connectivity index (χ1) is 8.67. The number of hydrazine groups is 1. The Morgan fingerprint density at radius 2 is 2.11 bits per heavy atom. The van der Waals surface area contributed by atoms with Crippen LogP contribution in [0.4, 0.5) is 0 Å². The third-order valence-electron chi connectivity index (χ3n) is 2.34. The maximum atomic E-state index is 11.0. The van der Waals surface area contributed by atoms with E-state index in [2.05, 4.69) is 15.2 Å². The molecule has 1 aromatic carbocycles. The third kappa shape index (κ3) is 3.28. The molecule has 1 heterocycles. The van der Waals surface area contributed by atoms with Gasteiger partial charge in [0.2, 0.25) is 5.91 Å². The molecule has 0 saturated carbocycles. The number of aromatic amines is 1. The highest BCUT2D eigenvalue weighted by Crippen LogP contribution is 2.11. The van der Waals surface area contributed by atoms with E-state index >= 15 is 0 Å². The summed E-state index contributed by atoms with van der Waals surface area (Å²) in [6, 6.07) is 7.46. The van der Waals surface area contributed by atoms with Crippen LogP contribution in [0.2, 0.25) is 5.02 Å². The van der Waals surface area contributed by atoms with E-state index in [1.54, 1.807) is 0 Å². The number of hydrogen-bond acceptors (Lipinski definition) is 4. The maximum absolute atomic E-state index is 11.0. The highest BCUT2D eigenvalue weighted by atomic mass is 35.5. The first-order valence-electron chi connectivity index (χ1n) is 5.31. The molecule has 0 saturated heterocycles. The van der Waals surface area contributed by atoms with Crippen LogP contribution >= 0.6 is 11.6 Å². The quantitative estimate of drug-likeness (QED) is 0.428. The molecule has 4 N–H and O–H groups in total. The van der Waals surface area contributed by atoms with Gasteiger partial charge >= 0.3 is 0 Å². The van der Waals surface area contributed by atoms with Gasteiger partial charge in [-0.1, -0.05) is 23.7 Å². The van der Waals surface area contributed by atoms with Crippen molar-refractivity contribution in [3.05, 3.63) is 46.5 Å². The Hall–Kier alpha value is -1.92. The molecule has 0 aliphatic heterocycles. The fourth-order valence-electron chi connectivity index (χ4n) is 1.48. The van der Waals surface area contributed by atoms with E-state index in [0.717, 1.165) is 5.56 Å². The van der Waals surface area contributed by atoms with Crippen molar-refractivity contribution in [3.8, 4) is 0 Å². The van der Waals surface area contributed by atoms with Gasteiger partial charge in [-0.2, -0.15) is 5.10 Å². The average molecular weight is 266 g/mol. The molecule has 94 valence electrons. The molecule has 0 aliphatic rings. The van der Waals surface area contributed by atoms with Gasteiger partial charge in [0.1, 0.15) is 5.82 Å². The van der Waals surface area contributed by atoms with Crippen molar-refractivity contribution in [2.24, 2.45) is 5.84 Å². The minimum atomic E-state index is -0.327. The van der Waals surface area contributed by atoms with Gasteiger partial charge in [-0.15, -0.1) is 0 Å². The van der Waals surface area contributed by atoms with Crippen LogP contribution < -0.4 is 11.3 Å². The number of benzene rings is 1. The predicted molar refractivity (Wildman–Crippen MR) is 66.7 cm³/mol. The fraction of sp³-hybridized carbons (Fsp3) is 0.182. The van der Waals surface area contributed by atoms with E-state index in [1.165, 1.54) is 0 Å². The molecular weight excluding hydrogens is 254 g/mol. The molecule has 7 heteroatoms. The van der Waals surface area contributed by atoms with Gasteiger partial charge in [0.15, 0.2) is 5.82 Å². The van der Waals surface area contributed by atoms with E-state index in [9.17, 15) is 4.79 Å². The lowest BCUT2D eigenvalue weighted by Crippen LogP contribution is -2.31. The summed E-state index contributed by atoms with van der Waals surface area (Å²) in [5.41, 5.74) is 3.09. The number of carbonyl (C=O) groups excluding carboxylic acids is 1. The number of nitrogens with one attached hydrogen (secondary N) is 2. The average Bonchev–Trinajstić information content (AvgIpc) is 2.79. The standard InChI is InChI=1S/C11H12ClN5O/c12-8-3-1-7(2-4-8)5-9-14-10(17-16-9)6-11(18)15-13/h1-4H,5-6,13H2,(H,15,18)(H,14,16,17). The highest BCUT2D eigenvalue weighted by Gasteiger charge is 2.08. The topological polar surface area (TPSA) is 96.7 Å². The SMILES string of the molecule is NNC(=O)Cc1n[nH]c(Cc2ccc(Cl)cc2)n1. The van der Waals surface area contributed by atoms with Crippen molar-refractivity contribution in [2.75, 3.05) is 0 Å². The Morgan fingerprint density at radius 1 is 1.39 bits per heavy atom. The molecule has 0 bridgehead atoms. The maximum Gasteiger partial charge on any atom is 0.241 e. The van der Waals surface area contributed by atoms with E-state index in [-0.39, 0.29) is 12.3 Å². The Balaban J connectivity index is 2.02. The number of hydrogen-bond donors (Lipinski definition) is 3. The minimum Gasteiger partial charge on any atom is -0.294 e. The number of H-pyrrole nitrogens is 1. The van der Waals surface area contributed by atoms with Crippen LogP contribution in [0.1, 0.15) is 17.2 Å². The number of rotatable bonds is 4. The van der Waals surface area contributed by atoms with E-state index in [1.807, 2.05) is 29.7 Å².